The van der Waals surface area contributed by atoms with Gasteiger partial charge in [-0.25, -0.2) is 5.43 Å². The molecule has 96 valence electrons. The molecule has 0 atom stereocenters. The molecule has 0 aromatic rings. The van der Waals surface area contributed by atoms with Gasteiger partial charge in [0, 0.05) is 19.4 Å². The number of carbonyl (C=O) groups excluding carboxylic acids is 2. The van der Waals surface area contributed by atoms with Crippen LogP contribution in [-0.2, 0) is 9.59 Å². The van der Waals surface area contributed by atoms with Gasteiger partial charge in [0.1, 0.15) is 5.71 Å². The lowest BCUT2D eigenvalue weighted by Crippen LogP contribution is -2.42. The third kappa shape index (κ3) is 3.84. The summed E-state index contributed by atoms with van der Waals surface area (Å²) in [7, 11) is 0. The van der Waals surface area contributed by atoms with E-state index in [9.17, 15) is 9.59 Å². The molecule has 2 N–H and O–H groups in total. The Morgan fingerprint density at radius 1 is 1.47 bits per heavy atom. The molecule has 5 heteroatoms. The summed E-state index contributed by atoms with van der Waals surface area (Å²) >= 11 is 0. The molecule has 1 rings (SSSR count). The summed E-state index contributed by atoms with van der Waals surface area (Å²) in [5.41, 5.74) is 2.78. The van der Waals surface area contributed by atoms with Crippen molar-refractivity contribution in [3.8, 4) is 0 Å². The Hall–Kier alpha value is -1.39. The molecule has 1 aliphatic rings. The third-order valence-corrected chi connectivity index (χ3v) is 3.43. The van der Waals surface area contributed by atoms with Crippen molar-refractivity contribution >= 4 is 17.5 Å². The number of amides is 2. The fourth-order valence-corrected chi connectivity index (χ4v) is 1.25. The second kappa shape index (κ2) is 5.29. The fraction of sp³-hybridized carbons (Fsp3) is 0.750. The van der Waals surface area contributed by atoms with Gasteiger partial charge in [-0.1, -0.05) is 27.7 Å². The summed E-state index contributed by atoms with van der Waals surface area (Å²) in [6, 6.07) is 0. The molecule has 0 saturated heterocycles. The Balaban J connectivity index is 2.48. The second-order valence-corrected chi connectivity index (χ2v) is 5.42. The zero-order valence-corrected chi connectivity index (χ0v) is 11.0. The summed E-state index contributed by atoms with van der Waals surface area (Å²) in [6.45, 7) is 9.09. The Morgan fingerprint density at radius 2 is 2.12 bits per heavy atom. The van der Waals surface area contributed by atoms with Gasteiger partial charge in [0.05, 0.1) is 0 Å². The minimum Gasteiger partial charge on any atom is -0.350 e. The van der Waals surface area contributed by atoms with E-state index in [2.05, 4.69) is 43.5 Å². The molecule has 17 heavy (non-hydrogen) atoms. The van der Waals surface area contributed by atoms with Crippen molar-refractivity contribution < 1.29 is 9.59 Å². The van der Waals surface area contributed by atoms with E-state index >= 15 is 0 Å². The summed E-state index contributed by atoms with van der Waals surface area (Å²) in [4.78, 5) is 22.7. The molecule has 5 nitrogen and oxygen atoms in total. The van der Waals surface area contributed by atoms with Crippen LogP contribution in [0.4, 0.5) is 0 Å². The first-order valence-electron chi connectivity index (χ1n) is 5.96. The van der Waals surface area contributed by atoms with Crippen LogP contribution in [-0.4, -0.2) is 24.1 Å². The average Bonchev–Trinajstić information content (AvgIpc) is 2.27. The Morgan fingerprint density at radius 3 is 2.59 bits per heavy atom. The summed E-state index contributed by atoms with van der Waals surface area (Å²) in [5, 5.41) is 6.63. The summed E-state index contributed by atoms with van der Waals surface area (Å²) < 4.78 is 0. The molecule has 0 aromatic heterocycles. The lowest BCUT2D eigenvalue weighted by atomic mass is 9.81. The van der Waals surface area contributed by atoms with Crippen molar-refractivity contribution in [1.82, 2.24) is 10.7 Å². The molecular formula is C12H21N3O2. The molecule has 1 aliphatic heterocycles. The first-order valence-corrected chi connectivity index (χ1v) is 5.96. The maximum absolute atomic E-state index is 11.8. The van der Waals surface area contributed by atoms with Crippen molar-refractivity contribution in [3.05, 3.63) is 0 Å². The van der Waals surface area contributed by atoms with Crippen LogP contribution < -0.4 is 10.7 Å². The molecule has 0 aliphatic carbocycles. The van der Waals surface area contributed by atoms with E-state index in [1.54, 1.807) is 0 Å². The molecule has 0 saturated carbocycles. The van der Waals surface area contributed by atoms with Gasteiger partial charge in [0.15, 0.2) is 0 Å². The highest BCUT2D eigenvalue weighted by Gasteiger charge is 2.25. The second-order valence-electron chi connectivity index (χ2n) is 5.42. The van der Waals surface area contributed by atoms with Crippen molar-refractivity contribution in [2.75, 3.05) is 6.54 Å². The van der Waals surface area contributed by atoms with Crippen LogP contribution in [0.5, 0.6) is 0 Å². The van der Waals surface area contributed by atoms with Crippen LogP contribution in [0.25, 0.3) is 0 Å². The molecule has 0 spiro atoms. The van der Waals surface area contributed by atoms with Crippen molar-refractivity contribution in [2.24, 2.45) is 16.4 Å². The van der Waals surface area contributed by atoms with Crippen molar-refractivity contribution in [2.45, 2.75) is 40.5 Å². The van der Waals surface area contributed by atoms with Crippen molar-refractivity contribution in [3.63, 3.8) is 0 Å². The maximum atomic E-state index is 11.8. The Kier molecular flexibility index (Phi) is 4.26. The van der Waals surface area contributed by atoms with E-state index in [1.165, 1.54) is 0 Å². The zero-order chi connectivity index (χ0) is 13.1. The minimum atomic E-state index is -0.182. The fourth-order valence-electron chi connectivity index (χ4n) is 1.25. The number of nitrogens with one attached hydrogen (secondary N) is 2. The average molecular weight is 239 g/mol. The van der Waals surface area contributed by atoms with Gasteiger partial charge in [0.2, 0.25) is 5.91 Å². The van der Waals surface area contributed by atoms with Gasteiger partial charge in [-0.3, -0.25) is 9.59 Å². The van der Waals surface area contributed by atoms with Gasteiger partial charge in [-0.15, -0.1) is 0 Å². The van der Waals surface area contributed by atoms with Crippen LogP contribution in [0, 0.1) is 11.3 Å². The first-order chi connectivity index (χ1) is 7.83. The first kappa shape index (κ1) is 13.7. The molecule has 0 aromatic carbocycles. The monoisotopic (exact) mass is 239 g/mol. The smallest absolute Gasteiger partial charge is 0.267 e. The lowest BCUT2D eigenvalue weighted by molar-refractivity contribution is -0.121. The van der Waals surface area contributed by atoms with Gasteiger partial charge in [0.25, 0.3) is 5.91 Å². The number of hydrogen-bond acceptors (Lipinski definition) is 3. The van der Waals surface area contributed by atoms with Gasteiger partial charge >= 0.3 is 0 Å². The van der Waals surface area contributed by atoms with Crippen LogP contribution in [0.1, 0.15) is 40.5 Å². The van der Waals surface area contributed by atoms with E-state index in [1.807, 2.05) is 0 Å². The van der Waals surface area contributed by atoms with E-state index < -0.39 is 0 Å². The third-order valence-electron chi connectivity index (χ3n) is 3.43. The van der Waals surface area contributed by atoms with Crippen LogP contribution in [0.2, 0.25) is 0 Å². The van der Waals surface area contributed by atoms with Crippen LogP contribution >= 0.6 is 0 Å². The Labute approximate surface area is 102 Å². The summed E-state index contributed by atoms with van der Waals surface area (Å²) in [5.74, 6) is 0.165. The molecule has 0 fully saturated rings. The Bertz CT molecular complexity index is 346. The van der Waals surface area contributed by atoms with Crippen LogP contribution in [0.15, 0.2) is 5.10 Å². The van der Waals surface area contributed by atoms with Crippen molar-refractivity contribution in [1.29, 1.82) is 0 Å². The molecule has 0 unspecified atom stereocenters. The highest BCUT2D eigenvalue weighted by atomic mass is 16.2. The lowest BCUT2D eigenvalue weighted by Gasteiger charge is -2.29. The van der Waals surface area contributed by atoms with E-state index in [0.29, 0.717) is 31.0 Å². The number of carbonyl (C=O) groups is 2. The van der Waals surface area contributed by atoms with E-state index in [4.69, 9.17) is 0 Å². The maximum Gasteiger partial charge on any atom is 0.267 e. The SMILES string of the molecule is CC(C)C(C)(C)CNC(=O)C1=NNC(=O)CC1. The predicted octanol–water partition coefficient (Wildman–Crippen LogP) is 1.05. The number of rotatable bonds is 4. The highest BCUT2D eigenvalue weighted by Crippen LogP contribution is 2.24. The highest BCUT2D eigenvalue weighted by molar-refractivity contribution is 6.39. The number of hydrazone groups is 1. The zero-order valence-electron chi connectivity index (χ0n) is 11.0. The summed E-state index contributed by atoms with van der Waals surface area (Å²) in [6.07, 6.45) is 0.750. The molecule has 0 bridgehead atoms. The number of nitrogens with zero attached hydrogens (tertiary/aromatic N) is 1. The molecule has 0 radical (unpaired) electrons. The van der Waals surface area contributed by atoms with E-state index in [0.717, 1.165) is 0 Å². The molecule has 2 amide bonds. The minimum absolute atomic E-state index is 0.0497. The quantitative estimate of drug-likeness (QED) is 0.769. The van der Waals surface area contributed by atoms with Crippen LogP contribution in [0.3, 0.4) is 0 Å². The largest absolute Gasteiger partial charge is 0.350 e. The molecular weight excluding hydrogens is 218 g/mol. The van der Waals surface area contributed by atoms with Gasteiger partial charge < -0.3 is 5.32 Å². The number of hydrogen-bond donors (Lipinski definition) is 2. The van der Waals surface area contributed by atoms with E-state index in [-0.39, 0.29) is 17.2 Å². The predicted molar refractivity (Wildman–Crippen MR) is 66.4 cm³/mol. The normalized spacial score (nSPS) is 16.5. The molecule has 1 heterocycles. The standard InChI is InChI=1S/C12H21N3O2/c1-8(2)12(3,4)7-13-11(17)9-5-6-10(16)15-14-9/h8H,5-7H2,1-4H3,(H,13,17)(H,15,16). The van der Waals surface area contributed by atoms with Gasteiger partial charge in [-0.05, 0) is 11.3 Å². The topological polar surface area (TPSA) is 70.6 Å². The van der Waals surface area contributed by atoms with Gasteiger partial charge in [-0.2, -0.15) is 5.10 Å².